The lowest BCUT2D eigenvalue weighted by molar-refractivity contribution is 0.0536. The van der Waals surface area contributed by atoms with E-state index in [1.807, 2.05) is 35.8 Å². The Morgan fingerprint density at radius 2 is 1.96 bits per heavy atom. The monoisotopic (exact) mass is 323 g/mol. The zero-order valence-electron chi connectivity index (χ0n) is 13.4. The highest BCUT2D eigenvalue weighted by molar-refractivity contribution is 5.97. The van der Waals surface area contributed by atoms with Crippen LogP contribution in [0, 0.1) is 0 Å². The van der Waals surface area contributed by atoms with E-state index in [0.29, 0.717) is 11.9 Å². The number of hydrogen-bond donors (Lipinski definition) is 1. The normalized spacial score (nSPS) is 10.8. The predicted octanol–water partition coefficient (Wildman–Crippen LogP) is 2.37. The van der Waals surface area contributed by atoms with Crippen molar-refractivity contribution in [3.05, 3.63) is 64.7 Å². The molecular weight excluding hydrogens is 306 g/mol. The third-order valence-electron chi connectivity index (χ3n) is 3.88. The summed E-state index contributed by atoms with van der Waals surface area (Å²) >= 11 is 0. The molecule has 24 heavy (non-hydrogen) atoms. The maximum Gasteiger partial charge on any atom is 0.280 e. The first kappa shape index (κ1) is 15.9. The van der Waals surface area contributed by atoms with Crippen molar-refractivity contribution in [2.75, 3.05) is 7.11 Å². The van der Waals surface area contributed by atoms with E-state index in [0.717, 1.165) is 16.6 Å². The van der Waals surface area contributed by atoms with Crippen LogP contribution in [0.4, 0.5) is 0 Å². The zero-order chi connectivity index (χ0) is 17.1. The number of carbonyl (C=O) groups excluding carboxylic acids is 1. The number of nitrogens with zero attached hydrogens (tertiary/aromatic N) is 2. The van der Waals surface area contributed by atoms with Crippen LogP contribution in [0.1, 0.15) is 17.3 Å². The average molecular weight is 323 g/mol. The summed E-state index contributed by atoms with van der Waals surface area (Å²) in [5, 5.41) is 0.499. The molecule has 1 aromatic carbocycles. The molecule has 0 atom stereocenters. The van der Waals surface area contributed by atoms with Gasteiger partial charge in [0.25, 0.3) is 5.91 Å². The summed E-state index contributed by atoms with van der Waals surface area (Å²) in [7, 11) is 1.33. The minimum Gasteiger partial charge on any atom is -0.347 e. The highest BCUT2D eigenvalue weighted by Gasteiger charge is 2.15. The smallest absolute Gasteiger partial charge is 0.280 e. The number of hydroxylamine groups is 1. The summed E-state index contributed by atoms with van der Waals surface area (Å²) in [5.41, 5.74) is 4.73. The topological polar surface area (TPSA) is 73.2 Å². The van der Waals surface area contributed by atoms with Gasteiger partial charge in [0.1, 0.15) is 5.56 Å². The lowest BCUT2D eigenvalue weighted by atomic mass is 10.0. The second kappa shape index (κ2) is 6.64. The number of benzene rings is 1. The van der Waals surface area contributed by atoms with Crippen LogP contribution in [-0.4, -0.2) is 22.6 Å². The number of amides is 1. The number of aromatic nitrogens is 2. The van der Waals surface area contributed by atoms with Crippen LogP contribution in [0.2, 0.25) is 0 Å². The first-order chi connectivity index (χ1) is 11.7. The molecule has 0 aliphatic rings. The van der Waals surface area contributed by atoms with Gasteiger partial charge in [0.15, 0.2) is 0 Å². The lowest BCUT2D eigenvalue weighted by Crippen LogP contribution is -2.29. The van der Waals surface area contributed by atoms with Gasteiger partial charge in [-0.2, -0.15) is 0 Å². The second-order valence-corrected chi connectivity index (χ2v) is 5.26. The standard InChI is InChI=1S/C18H17N3O3/c1-3-21-11-15(18(23)20-24-2)17(22)14-5-4-13(10-16(14)21)12-6-8-19-9-7-12/h4-11H,3H2,1-2H3,(H,20,23). The van der Waals surface area contributed by atoms with Gasteiger partial charge in [-0.1, -0.05) is 6.07 Å². The Kier molecular flexibility index (Phi) is 4.39. The fourth-order valence-corrected chi connectivity index (χ4v) is 2.69. The maximum absolute atomic E-state index is 12.6. The molecule has 0 unspecified atom stereocenters. The maximum atomic E-state index is 12.6. The highest BCUT2D eigenvalue weighted by atomic mass is 16.6. The minimum atomic E-state index is -0.551. The molecule has 2 aromatic heterocycles. The summed E-state index contributed by atoms with van der Waals surface area (Å²) in [6, 6.07) is 9.40. The van der Waals surface area contributed by atoms with Gasteiger partial charge in [-0.25, -0.2) is 5.48 Å². The Hall–Kier alpha value is -2.99. The van der Waals surface area contributed by atoms with Crippen molar-refractivity contribution in [2.24, 2.45) is 0 Å². The second-order valence-electron chi connectivity index (χ2n) is 5.26. The quantitative estimate of drug-likeness (QED) is 0.748. The molecule has 122 valence electrons. The van der Waals surface area contributed by atoms with Gasteiger partial charge >= 0.3 is 0 Å². The van der Waals surface area contributed by atoms with Crippen LogP contribution in [0.5, 0.6) is 0 Å². The van der Waals surface area contributed by atoms with E-state index in [4.69, 9.17) is 0 Å². The number of carbonyl (C=O) groups is 1. The number of fused-ring (bicyclic) bond motifs is 1. The number of pyridine rings is 2. The third-order valence-corrected chi connectivity index (χ3v) is 3.88. The Labute approximate surface area is 138 Å². The Bertz CT molecular complexity index is 949. The fourth-order valence-electron chi connectivity index (χ4n) is 2.69. The SMILES string of the molecule is CCn1cc(C(=O)NOC)c(=O)c2ccc(-c3ccncc3)cc21. The minimum absolute atomic E-state index is 0.0582. The van der Waals surface area contributed by atoms with Crippen molar-refractivity contribution in [2.45, 2.75) is 13.5 Å². The fraction of sp³-hybridized carbons (Fsp3) is 0.167. The molecule has 0 bridgehead atoms. The molecule has 1 N–H and O–H groups in total. The molecule has 3 rings (SSSR count). The van der Waals surface area contributed by atoms with E-state index in [9.17, 15) is 9.59 Å². The van der Waals surface area contributed by atoms with Gasteiger partial charge < -0.3 is 4.57 Å². The van der Waals surface area contributed by atoms with E-state index in [1.165, 1.54) is 7.11 Å². The lowest BCUT2D eigenvalue weighted by Gasteiger charge is -2.13. The highest BCUT2D eigenvalue weighted by Crippen LogP contribution is 2.23. The largest absolute Gasteiger partial charge is 0.347 e. The molecule has 6 nitrogen and oxygen atoms in total. The van der Waals surface area contributed by atoms with Crippen LogP contribution in [-0.2, 0) is 11.4 Å². The Balaban J connectivity index is 2.22. The van der Waals surface area contributed by atoms with Gasteiger partial charge in [0, 0.05) is 30.5 Å². The van der Waals surface area contributed by atoms with E-state index >= 15 is 0 Å². The van der Waals surface area contributed by atoms with Gasteiger partial charge in [-0.05, 0) is 42.3 Å². The molecule has 0 aliphatic carbocycles. The summed E-state index contributed by atoms with van der Waals surface area (Å²) in [6.45, 7) is 2.59. The number of hydrogen-bond acceptors (Lipinski definition) is 4. The van der Waals surface area contributed by atoms with Gasteiger partial charge in [-0.3, -0.25) is 19.4 Å². The molecule has 0 radical (unpaired) electrons. The first-order valence-electron chi connectivity index (χ1n) is 7.56. The van der Waals surface area contributed by atoms with Gasteiger partial charge in [-0.15, -0.1) is 0 Å². The Morgan fingerprint density at radius 1 is 1.21 bits per heavy atom. The van der Waals surface area contributed by atoms with Gasteiger partial charge in [0.05, 0.1) is 12.6 Å². The van der Waals surface area contributed by atoms with Crippen LogP contribution < -0.4 is 10.9 Å². The third kappa shape index (κ3) is 2.79. The van der Waals surface area contributed by atoms with E-state index in [2.05, 4.69) is 15.3 Å². The molecule has 0 fully saturated rings. The molecule has 2 heterocycles. The summed E-state index contributed by atoms with van der Waals surface area (Å²) in [5.74, 6) is -0.551. The van der Waals surface area contributed by atoms with Crippen molar-refractivity contribution in [1.29, 1.82) is 0 Å². The van der Waals surface area contributed by atoms with Crippen molar-refractivity contribution in [3.8, 4) is 11.1 Å². The summed E-state index contributed by atoms with van der Waals surface area (Å²) < 4.78 is 1.88. The van der Waals surface area contributed by atoms with E-state index in [1.54, 1.807) is 24.7 Å². The molecular formula is C18H17N3O3. The van der Waals surface area contributed by atoms with Crippen molar-refractivity contribution in [1.82, 2.24) is 15.0 Å². The molecule has 3 aromatic rings. The first-order valence-corrected chi connectivity index (χ1v) is 7.56. The molecule has 0 spiro atoms. The molecule has 1 amide bonds. The van der Waals surface area contributed by atoms with Crippen LogP contribution >= 0.6 is 0 Å². The molecule has 6 heteroatoms. The zero-order valence-corrected chi connectivity index (χ0v) is 13.4. The average Bonchev–Trinajstić information content (AvgIpc) is 2.62. The summed E-state index contributed by atoms with van der Waals surface area (Å²) in [4.78, 5) is 33.3. The predicted molar refractivity (Wildman–Crippen MR) is 91.6 cm³/mol. The van der Waals surface area contributed by atoms with Gasteiger partial charge in [0.2, 0.25) is 5.43 Å². The molecule has 0 saturated heterocycles. The van der Waals surface area contributed by atoms with Crippen molar-refractivity contribution in [3.63, 3.8) is 0 Å². The van der Waals surface area contributed by atoms with Crippen LogP contribution in [0.15, 0.2) is 53.7 Å². The number of nitrogens with one attached hydrogen (secondary N) is 1. The summed E-state index contributed by atoms with van der Waals surface area (Å²) in [6.07, 6.45) is 5.02. The van der Waals surface area contributed by atoms with Crippen LogP contribution in [0.3, 0.4) is 0 Å². The van der Waals surface area contributed by atoms with E-state index < -0.39 is 5.91 Å². The van der Waals surface area contributed by atoms with E-state index in [-0.39, 0.29) is 11.0 Å². The number of aryl methyl sites for hydroxylation is 1. The Morgan fingerprint density at radius 3 is 2.62 bits per heavy atom. The molecule has 0 saturated carbocycles. The van der Waals surface area contributed by atoms with Crippen molar-refractivity contribution < 1.29 is 9.63 Å². The molecule has 0 aliphatic heterocycles. The number of rotatable bonds is 4. The van der Waals surface area contributed by atoms with Crippen LogP contribution in [0.25, 0.3) is 22.0 Å². The van der Waals surface area contributed by atoms with Crippen molar-refractivity contribution >= 4 is 16.8 Å².